The molecule has 41 heavy (non-hydrogen) atoms. The zero-order valence-electron chi connectivity index (χ0n) is 21.8. The average molecular weight is 677 g/mol. The molecule has 0 bridgehead atoms. The van der Waals surface area contributed by atoms with Crippen molar-refractivity contribution in [1.29, 1.82) is 0 Å². The number of halogens is 2. The van der Waals surface area contributed by atoms with Crippen molar-refractivity contribution in [2.24, 2.45) is 5.10 Å². The molecule has 0 spiro atoms. The van der Waals surface area contributed by atoms with Gasteiger partial charge in [-0.2, -0.15) is 9.78 Å². The topological polar surface area (TPSA) is 103 Å². The van der Waals surface area contributed by atoms with Crippen LogP contribution in [0.25, 0.3) is 22.3 Å². The molecule has 10 heteroatoms. The number of aromatic nitrogens is 2. The SMILES string of the molecule is CCOc1cc(C=Nn2c(-c3ccccc3)nc3ccccc3c2=O)c(Br)c(Br)c1OCc1cccc(C(=O)O)c1. The lowest BCUT2D eigenvalue weighted by Gasteiger charge is -2.16. The summed E-state index contributed by atoms with van der Waals surface area (Å²) in [4.78, 5) is 29.6. The lowest BCUT2D eigenvalue weighted by Crippen LogP contribution is -2.20. The molecule has 0 fully saturated rings. The number of benzene rings is 4. The summed E-state index contributed by atoms with van der Waals surface area (Å²) in [6, 6.07) is 24.9. The lowest BCUT2D eigenvalue weighted by atomic mass is 10.1. The second-order valence-electron chi connectivity index (χ2n) is 8.83. The van der Waals surface area contributed by atoms with Gasteiger partial charge in [0.1, 0.15) is 6.61 Å². The Morgan fingerprint density at radius 3 is 2.49 bits per heavy atom. The number of aromatic carboxylic acids is 1. The largest absolute Gasteiger partial charge is 0.490 e. The van der Waals surface area contributed by atoms with Crippen molar-refractivity contribution in [3.05, 3.63) is 121 Å². The van der Waals surface area contributed by atoms with Crippen LogP contribution in [-0.2, 0) is 6.61 Å². The molecule has 0 saturated carbocycles. The van der Waals surface area contributed by atoms with Gasteiger partial charge in [0, 0.05) is 15.6 Å². The minimum atomic E-state index is -1.01. The lowest BCUT2D eigenvalue weighted by molar-refractivity contribution is 0.0696. The van der Waals surface area contributed by atoms with Crippen LogP contribution in [0.5, 0.6) is 11.5 Å². The van der Waals surface area contributed by atoms with Gasteiger partial charge in [-0.25, -0.2) is 9.78 Å². The summed E-state index contributed by atoms with van der Waals surface area (Å²) in [6.07, 6.45) is 1.56. The van der Waals surface area contributed by atoms with E-state index in [4.69, 9.17) is 14.5 Å². The van der Waals surface area contributed by atoms with Gasteiger partial charge in [0.05, 0.1) is 33.8 Å². The maximum absolute atomic E-state index is 13.5. The van der Waals surface area contributed by atoms with E-state index in [0.29, 0.717) is 54.9 Å². The fraction of sp³-hybridized carbons (Fsp3) is 0.0968. The first-order valence-corrected chi connectivity index (χ1v) is 14.2. The van der Waals surface area contributed by atoms with Gasteiger partial charge in [0.15, 0.2) is 17.3 Å². The van der Waals surface area contributed by atoms with Crippen LogP contribution in [0.3, 0.4) is 0 Å². The van der Waals surface area contributed by atoms with E-state index in [9.17, 15) is 14.7 Å². The summed E-state index contributed by atoms with van der Waals surface area (Å²) in [5, 5.41) is 14.3. The smallest absolute Gasteiger partial charge is 0.335 e. The number of carboxylic acids is 1. The average Bonchev–Trinajstić information content (AvgIpc) is 2.99. The third kappa shape index (κ3) is 6.08. The predicted molar refractivity (Wildman–Crippen MR) is 165 cm³/mol. The molecule has 0 atom stereocenters. The molecule has 5 aromatic rings. The van der Waals surface area contributed by atoms with Gasteiger partial charge in [-0.1, -0.05) is 54.6 Å². The van der Waals surface area contributed by atoms with Crippen molar-refractivity contribution in [1.82, 2.24) is 9.66 Å². The molecule has 0 aliphatic heterocycles. The summed E-state index contributed by atoms with van der Waals surface area (Å²) >= 11 is 7.21. The number of rotatable bonds is 9. The molecule has 0 amide bonds. The Kier molecular flexibility index (Phi) is 8.61. The third-order valence-electron chi connectivity index (χ3n) is 6.11. The second kappa shape index (κ2) is 12.5. The molecule has 0 aliphatic rings. The van der Waals surface area contributed by atoms with E-state index in [2.05, 4.69) is 37.0 Å². The third-order valence-corrected chi connectivity index (χ3v) is 8.25. The molecule has 1 heterocycles. The molecule has 0 unspecified atom stereocenters. The minimum absolute atomic E-state index is 0.123. The molecule has 0 aliphatic carbocycles. The van der Waals surface area contributed by atoms with Gasteiger partial charge in [-0.15, -0.1) is 0 Å². The molecule has 0 saturated heterocycles. The second-order valence-corrected chi connectivity index (χ2v) is 10.4. The monoisotopic (exact) mass is 675 g/mol. The highest BCUT2D eigenvalue weighted by molar-refractivity contribution is 9.13. The molecular formula is C31H23Br2N3O5. The standard InChI is InChI=1S/C31H23Br2N3O5/c1-2-40-25-16-22(26(32)27(33)28(25)41-18-19-9-8-12-21(15-19)31(38)39)17-34-36-29(20-10-4-3-5-11-20)35-24-14-7-6-13-23(24)30(36)37/h3-17H,2,18H2,1H3,(H,38,39). The van der Waals surface area contributed by atoms with E-state index >= 15 is 0 Å². The van der Waals surface area contributed by atoms with Gasteiger partial charge in [-0.3, -0.25) is 4.79 Å². The van der Waals surface area contributed by atoms with Gasteiger partial charge in [0.2, 0.25) is 0 Å². The highest BCUT2D eigenvalue weighted by atomic mass is 79.9. The Bertz CT molecular complexity index is 1840. The molecule has 206 valence electrons. The molecule has 4 aromatic carbocycles. The van der Waals surface area contributed by atoms with Crippen molar-refractivity contribution in [3.63, 3.8) is 0 Å². The zero-order chi connectivity index (χ0) is 28.9. The number of ether oxygens (including phenoxy) is 2. The number of nitrogens with zero attached hydrogens (tertiary/aromatic N) is 3. The Balaban J connectivity index is 1.55. The zero-order valence-corrected chi connectivity index (χ0v) is 24.9. The van der Waals surface area contributed by atoms with E-state index in [1.54, 1.807) is 48.7 Å². The molecule has 5 rings (SSSR count). The van der Waals surface area contributed by atoms with Crippen molar-refractivity contribution in [2.75, 3.05) is 6.61 Å². The van der Waals surface area contributed by atoms with Crippen LogP contribution in [-0.4, -0.2) is 33.6 Å². The quantitative estimate of drug-likeness (QED) is 0.166. The number of hydrogen-bond acceptors (Lipinski definition) is 6. The number of hydrogen-bond donors (Lipinski definition) is 1. The first-order valence-electron chi connectivity index (χ1n) is 12.6. The van der Waals surface area contributed by atoms with Gasteiger partial charge in [-0.05, 0) is 74.7 Å². The van der Waals surface area contributed by atoms with E-state index in [-0.39, 0.29) is 17.7 Å². The Morgan fingerprint density at radius 2 is 1.73 bits per heavy atom. The maximum atomic E-state index is 13.5. The summed E-state index contributed by atoms with van der Waals surface area (Å²) in [7, 11) is 0. The molecule has 1 N–H and O–H groups in total. The van der Waals surface area contributed by atoms with Crippen molar-refractivity contribution >= 4 is 54.9 Å². The van der Waals surface area contributed by atoms with E-state index in [1.807, 2.05) is 43.3 Å². The fourth-order valence-electron chi connectivity index (χ4n) is 4.17. The van der Waals surface area contributed by atoms with Crippen molar-refractivity contribution in [3.8, 4) is 22.9 Å². The van der Waals surface area contributed by atoms with Gasteiger partial charge < -0.3 is 14.6 Å². The van der Waals surface area contributed by atoms with Gasteiger partial charge >= 0.3 is 5.97 Å². The van der Waals surface area contributed by atoms with Crippen LogP contribution in [0.1, 0.15) is 28.4 Å². The maximum Gasteiger partial charge on any atom is 0.335 e. The summed E-state index contributed by atoms with van der Waals surface area (Å²) in [6.45, 7) is 2.36. The number of para-hydroxylation sites is 1. The molecule has 8 nitrogen and oxygen atoms in total. The molecule has 1 aromatic heterocycles. The van der Waals surface area contributed by atoms with Crippen LogP contribution in [0, 0.1) is 0 Å². The van der Waals surface area contributed by atoms with Crippen LogP contribution in [0.4, 0.5) is 0 Å². The number of fused-ring (bicyclic) bond motifs is 1. The van der Waals surface area contributed by atoms with Crippen molar-refractivity contribution < 1.29 is 19.4 Å². The first-order chi connectivity index (χ1) is 19.9. The van der Waals surface area contributed by atoms with E-state index in [1.165, 1.54) is 10.7 Å². The normalized spacial score (nSPS) is 11.2. The van der Waals surface area contributed by atoms with Crippen LogP contribution in [0.2, 0.25) is 0 Å². The molecular weight excluding hydrogens is 654 g/mol. The van der Waals surface area contributed by atoms with Gasteiger partial charge in [0.25, 0.3) is 5.56 Å². The van der Waals surface area contributed by atoms with E-state index in [0.717, 1.165) is 5.56 Å². The highest BCUT2D eigenvalue weighted by Gasteiger charge is 2.18. The Hall–Kier alpha value is -4.28. The predicted octanol–water partition coefficient (Wildman–Crippen LogP) is 7.15. The summed E-state index contributed by atoms with van der Waals surface area (Å²) in [5.41, 5.74) is 2.53. The Morgan fingerprint density at radius 1 is 0.976 bits per heavy atom. The summed E-state index contributed by atoms with van der Waals surface area (Å²) < 4.78 is 14.4. The van der Waals surface area contributed by atoms with E-state index < -0.39 is 5.97 Å². The highest BCUT2D eigenvalue weighted by Crippen LogP contribution is 2.43. The number of carboxylic acid groups (broad SMARTS) is 1. The van der Waals surface area contributed by atoms with Crippen LogP contribution in [0.15, 0.2) is 104 Å². The minimum Gasteiger partial charge on any atom is -0.490 e. The summed E-state index contributed by atoms with van der Waals surface area (Å²) in [5.74, 6) is 0.289. The van der Waals surface area contributed by atoms with Crippen LogP contribution >= 0.6 is 31.9 Å². The number of carbonyl (C=O) groups is 1. The van der Waals surface area contributed by atoms with Crippen molar-refractivity contribution in [2.45, 2.75) is 13.5 Å². The van der Waals surface area contributed by atoms with Crippen LogP contribution < -0.4 is 15.0 Å². The Labute approximate surface area is 252 Å². The fourth-order valence-corrected chi connectivity index (χ4v) is 5.11. The molecule has 0 radical (unpaired) electrons. The first kappa shape index (κ1) is 28.3.